The van der Waals surface area contributed by atoms with E-state index in [0.717, 1.165) is 22.6 Å². The molecule has 0 saturated carbocycles. The molecule has 1 aliphatic heterocycles. The summed E-state index contributed by atoms with van der Waals surface area (Å²) < 4.78 is 21.8. The second-order valence-corrected chi connectivity index (χ2v) is 9.47. The molecule has 0 fully saturated rings. The zero-order valence-corrected chi connectivity index (χ0v) is 21.7. The number of allylic oxidation sites excluding steroid dienone is 2. The number of nitrogens with zero attached hydrogens (tertiary/aromatic N) is 1. The Morgan fingerprint density at radius 2 is 1.58 bits per heavy atom. The van der Waals surface area contributed by atoms with E-state index in [0.29, 0.717) is 35.6 Å². The Morgan fingerprint density at radius 3 is 2.19 bits per heavy atom. The topological polar surface area (TPSA) is 83.4 Å². The molecular weight excluding hydrogens is 458 g/mol. The van der Waals surface area contributed by atoms with E-state index in [1.54, 1.807) is 27.4 Å². The normalized spacial score (nSPS) is 21.6. The second-order valence-electron chi connectivity index (χ2n) is 9.47. The lowest BCUT2D eigenvalue weighted by Crippen LogP contribution is -2.38. The molecule has 7 heteroatoms. The van der Waals surface area contributed by atoms with Crippen molar-refractivity contribution in [1.82, 2.24) is 0 Å². The maximum Gasteiger partial charge on any atom is 0.315 e. The number of Topliss-reactive ketones (excluding diaryl/α,β-unsaturated/α-hetero) is 1. The minimum Gasteiger partial charge on any atom is -0.497 e. The molecule has 0 saturated heterocycles. The molecule has 2 aromatic carbocycles. The fourth-order valence-corrected chi connectivity index (χ4v) is 5.19. The Morgan fingerprint density at radius 1 is 0.917 bits per heavy atom. The van der Waals surface area contributed by atoms with Crippen LogP contribution in [0.3, 0.4) is 0 Å². The molecule has 1 heterocycles. The van der Waals surface area contributed by atoms with E-state index in [1.165, 1.54) is 0 Å². The molecule has 0 aromatic heterocycles. The first kappa shape index (κ1) is 25.5. The van der Waals surface area contributed by atoms with Crippen LogP contribution in [0.15, 0.2) is 58.7 Å². The molecule has 1 unspecified atom stereocenters. The van der Waals surface area contributed by atoms with Gasteiger partial charge in [-0.05, 0) is 68.5 Å². The number of rotatable bonds is 7. The lowest BCUT2D eigenvalue weighted by Gasteiger charge is -2.37. The maximum absolute atomic E-state index is 13.7. The van der Waals surface area contributed by atoms with Crippen molar-refractivity contribution in [1.29, 1.82) is 0 Å². The van der Waals surface area contributed by atoms with Gasteiger partial charge in [0, 0.05) is 29.3 Å². The number of ether oxygens (including phenoxy) is 4. The molecule has 0 spiro atoms. The number of aliphatic imine (C=N–C) groups is 1. The number of hydrogen-bond donors (Lipinski definition) is 0. The highest BCUT2D eigenvalue weighted by molar-refractivity contribution is 6.09. The van der Waals surface area contributed by atoms with Crippen molar-refractivity contribution in [2.75, 3.05) is 21.3 Å². The SMILES string of the molecule is COc1ccc([C@@H]2CC(=O)C3=C(C2)N=C(C)C(C(=O)OC(C)C)[C@@H]3c2ccc(OC)c(OC)c2)cc1. The van der Waals surface area contributed by atoms with Gasteiger partial charge in [0.1, 0.15) is 11.7 Å². The zero-order chi connectivity index (χ0) is 26.0. The molecule has 2 aromatic rings. The Bertz CT molecular complexity index is 1210. The summed E-state index contributed by atoms with van der Waals surface area (Å²) >= 11 is 0. The first-order valence-corrected chi connectivity index (χ1v) is 12.1. The van der Waals surface area contributed by atoms with Gasteiger partial charge in [0.05, 0.1) is 27.4 Å². The van der Waals surface area contributed by atoms with Crippen molar-refractivity contribution in [3.05, 3.63) is 64.9 Å². The van der Waals surface area contributed by atoms with Crippen molar-refractivity contribution in [2.24, 2.45) is 10.9 Å². The molecule has 0 amide bonds. The molecule has 1 aliphatic carbocycles. The van der Waals surface area contributed by atoms with Crippen LogP contribution in [-0.2, 0) is 14.3 Å². The minimum atomic E-state index is -0.703. The van der Waals surface area contributed by atoms with Gasteiger partial charge < -0.3 is 18.9 Å². The van der Waals surface area contributed by atoms with Crippen molar-refractivity contribution in [3.8, 4) is 17.2 Å². The van der Waals surface area contributed by atoms with Gasteiger partial charge in [-0.2, -0.15) is 0 Å². The molecular formula is C29H33NO6. The number of carbonyl (C=O) groups excluding carboxylic acids is 2. The average molecular weight is 492 g/mol. The van der Waals surface area contributed by atoms with Crippen molar-refractivity contribution >= 4 is 17.5 Å². The Labute approximate surface area is 212 Å². The summed E-state index contributed by atoms with van der Waals surface area (Å²) in [6, 6.07) is 13.3. The standard InChI is InChI=1S/C29H33NO6/c1-16(2)36-29(32)26-17(3)30-22-13-20(18-7-10-21(33-4)11-8-18)14-23(31)28(22)27(26)19-9-12-24(34-5)25(15-19)35-6/h7-12,15-16,20,26-27H,13-14H2,1-6H3/t20-,26?,27-/m0/s1. The van der Waals surface area contributed by atoms with Gasteiger partial charge in [0.15, 0.2) is 17.3 Å². The number of ketones is 1. The molecule has 0 bridgehead atoms. The van der Waals surface area contributed by atoms with Gasteiger partial charge in [-0.1, -0.05) is 18.2 Å². The van der Waals surface area contributed by atoms with Crippen LogP contribution in [0.2, 0.25) is 0 Å². The van der Waals surface area contributed by atoms with Crippen LogP contribution < -0.4 is 14.2 Å². The van der Waals surface area contributed by atoms with E-state index < -0.39 is 11.8 Å². The fraction of sp³-hybridized carbons (Fsp3) is 0.414. The van der Waals surface area contributed by atoms with E-state index in [2.05, 4.69) is 0 Å². The van der Waals surface area contributed by atoms with Crippen LogP contribution in [0.25, 0.3) is 0 Å². The number of esters is 1. The third-order valence-corrected chi connectivity index (χ3v) is 6.85. The lowest BCUT2D eigenvalue weighted by atomic mass is 9.69. The highest BCUT2D eigenvalue weighted by Crippen LogP contribution is 2.48. The van der Waals surface area contributed by atoms with Crippen LogP contribution in [-0.4, -0.2) is 44.9 Å². The Kier molecular flexibility index (Phi) is 7.48. The molecule has 190 valence electrons. The number of benzene rings is 2. The van der Waals surface area contributed by atoms with E-state index in [-0.39, 0.29) is 23.8 Å². The maximum atomic E-state index is 13.7. The highest BCUT2D eigenvalue weighted by atomic mass is 16.5. The predicted molar refractivity (Wildman–Crippen MR) is 137 cm³/mol. The number of carbonyl (C=O) groups is 2. The molecule has 7 nitrogen and oxygen atoms in total. The summed E-state index contributed by atoms with van der Waals surface area (Å²) in [5.41, 5.74) is 3.81. The highest BCUT2D eigenvalue weighted by Gasteiger charge is 2.45. The lowest BCUT2D eigenvalue weighted by molar-refractivity contribution is -0.150. The van der Waals surface area contributed by atoms with E-state index in [1.807, 2.05) is 57.2 Å². The quantitative estimate of drug-likeness (QED) is 0.493. The molecule has 36 heavy (non-hydrogen) atoms. The largest absolute Gasteiger partial charge is 0.497 e. The Balaban J connectivity index is 1.80. The average Bonchev–Trinajstić information content (AvgIpc) is 2.86. The second kappa shape index (κ2) is 10.6. The molecule has 0 radical (unpaired) electrons. The van der Waals surface area contributed by atoms with Gasteiger partial charge in [0.2, 0.25) is 0 Å². The van der Waals surface area contributed by atoms with Gasteiger partial charge in [0.25, 0.3) is 0 Å². The van der Waals surface area contributed by atoms with Gasteiger partial charge in [-0.25, -0.2) is 0 Å². The predicted octanol–water partition coefficient (Wildman–Crippen LogP) is 5.24. The molecule has 0 N–H and O–H groups in total. The Hall–Kier alpha value is -3.61. The minimum absolute atomic E-state index is 0.00363. The summed E-state index contributed by atoms with van der Waals surface area (Å²) in [7, 11) is 4.77. The number of methoxy groups -OCH3 is 3. The van der Waals surface area contributed by atoms with Crippen LogP contribution in [0.4, 0.5) is 0 Å². The summed E-state index contributed by atoms with van der Waals surface area (Å²) in [6.07, 6.45) is 0.670. The van der Waals surface area contributed by atoms with Crippen LogP contribution in [0.1, 0.15) is 56.6 Å². The fourth-order valence-electron chi connectivity index (χ4n) is 5.19. The molecule has 2 aliphatic rings. The van der Waals surface area contributed by atoms with Gasteiger partial charge >= 0.3 is 5.97 Å². The van der Waals surface area contributed by atoms with Crippen molar-refractivity contribution in [2.45, 2.75) is 51.6 Å². The monoisotopic (exact) mass is 491 g/mol. The van der Waals surface area contributed by atoms with Crippen molar-refractivity contribution in [3.63, 3.8) is 0 Å². The number of hydrogen-bond acceptors (Lipinski definition) is 7. The first-order chi connectivity index (χ1) is 17.3. The van der Waals surface area contributed by atoms with E-state index in [9.17, 15) is 9.59 Å². The first-order valence-electron chi connectivity index (χ1n) is 12.1. The third kappa shape index (κ3) is 4.87. The third-order valence-electron chi connectivity index (χ3n) is 6.85. The van der Waals surface area contributed by atoms with Gasteiger partial charge in [-0.15, -0.1) is 0 Å². The zero-order valence-electron chi connectivity index (χ0n) is 21.7. The van der Waals surface area contributed by atoms with Crippen molar-refractivity contribution < 1.29 is 28.5 Å². The summed E-state index contributed by atoms with van der Waals surface area (Å²) in [5, 5.41) is 0. The molecule has 4 rings (SSSR count). The van der Waals surface area contributed by atoms with E-state index in [4.69, 9.17) is 23.9 Å². The van der Waals surface area contributed by atoms with E-state index >= 15 is 0 Å². The van der Waals surface area contributed by atoms with Crippen LogP contribution in [0, 0.1) is 5.92 Å². The summed E-state index contributed by atoms with van der Waals surface area (Å²) in [5.74, 6) is 0.271. The summed E-state index contributed by atoms with van der Waals surface area (Å²) in [4.78, 5) is 31.9. The van der Waals surface area contributed by atoms with Crippen LogP contribution >= 0.6 is 0 Å². The van der Waals surface area contributed by atoms with Crippen LogP contribution in [0.5, 0.6) is 17.2 Å². The van der Waals surface area contributed by atoms with Gasteiger partial charge in [-0.3, -0.25) is 14.6 Å². The smallest absolute Gasteiger partial charge is 0.315 e. The molecule has 3 atom stereocenters. The summed E-state index contributed by atoms with van der Waals surface area (Å²) in [6.45, 7) is 5.47.